The number of likely N-dealkylation sites (tertiary alicyclic amines) is 1. The predicted molar refractivity (Wildman–Crippen MR) is 100 cm³/mol. The zero-order valence-corrected chi connectivity index (χ0v) is 16.9. The summed E-state index contributed by atoms with van der Waals surface area (Å²) in [6.45, 7) is 9.14. The lowest BCUT2D eigenvalue weighted by Crippen LogP contribution is -2.44. The van der Waals surface area contributed by atoms with Gasteiger partial charge in [0.05, 0.1) is 5.69 Å². The van der Waals surface area contributed by atoms with E-state index in [1.165, 1.54) is 0 Å². The van der Waals surface area contributed by atoms with Crippen LogP contribution >= 0.6 is 0 Å². The van der Waals surface area contributed by atoms with Crippen molar-refractivity contribution in [1.29, 1.82) is 0 Å². The normalized spacial score (nSPS) is 32.8. The summed E-state index contributed by atoms with van der Waals surface area (Å²) in [5, 5.41) is 7.63. The first-order valence-corrected chi connectivity index (χ1v) is 10.2. The number of alkyl halides is 3. The van der Waals surface area contributed by atoms with Gasteiger partial charge in [-0.25, -0.2) is 4.68 Å². The molecule has 3 aliphatic rings. The number of fused-ring (bicyclic) bond motifs is 1. The van der Waals surface area contributed by atoms with Crippen LogP contribution in [0, 0.1) is 17.3 Å². The molecule has 2 aliphatic heterocycles. The number of carbonyl (C=O) groups is 1. The predicted octanol–water partition coefficient (Wildman–Crippen LogP) is 4.19. The van der Waals surface area contributed by atoms with Crippen molar-refractivity contribution < 1.29 is 18.0 Å². The zero-order valence-electron chi connectivity index (χ0n) is 16.9. The molecule has 3 heterocycles. The van der Waals surface area contributed by atoms with E-state index in [0.29, 0.717) is 30.5 Å². The van der Waals surface area contributed by atoms with E-state index < -0.39 is 12.2 Å². The van der Waals surface area contributed by atoms with Gasteiger partial charge in [-0.1, -0.05) is 27.7 Å². The molecule has 5 atom stereocenters. The SMILES string of the molecule is C[C@H]1C[C@@H]1C(=O)N1CC[C@H](c2cc3n(n2)[C@H](C(F)(F)F)C[C@H](C(C)(C)C)N3)C1. The molecule has 4 rings (SSSR count). The maximum Gasteiger partial charge on any atom is 0.410 e. The van der Waals surface area contributed by atoms with E-state index in [4.69, 9.17) is 0 Å². The number of amides is 1. The summed E-state index contributed by atoms with van der Waals surface area (Å²) in [6, 6.07) is -0.142. The molecule has 0 aromatic carbocycles. The van der Waals surface area contributed by atoms with Gasteiger partial charge in [0, 0.05) is 37.0 Å². The number of aromatic nitrogens is 2. The highest BCUT2D eigenvalue weighted by atomic mass is 19.4. The van der Waals surface area contributed by atoms with Crippen LogP contribution in [0.4, 0.5) is 19.0 Å². The number of hydrogen-bond donors (Lipinski definition) is 1. The van der Waals surface area contributed by atoms with Gasteiger partial charge in [0.1, 0.15) is 5.82 Å². The molecule has 0 unspecified atom stereocenters. The van der Waals surface area contributed by atoms with Gasteiger partial charge < -0.3 is 10.2 Å². The number of nitrogens with zero attached hydrogens (tertiary/aromatic N) is 3. The second-order valence-corrected chi connectivity index (χ2v) is 9.84. The first kappa shape index (κ1) is 19.6. The largest absolute Gasteiger partial charge is 0.410 e. The summed E-state index contributed by atoms with van der Waals surface area (Å²) in [4.78, 5) is 14.3. The molecular weight excluding hydrogens is 369 g/mol. The van der Waals surface area contributed by atoms with Crippen LogP contribution in [0.1, 0.15) is 64.6 Å². The maximum absolute atomic E-state index is 13.7. The Morgan fingerprint density at radius 2 is 1.93 bits per heavy atom. The van der Waals surface area contributed by atoms with Gasteiger partial charge in [-0.3, -0.25) is 4.79 Å². The monoisotopic (exact) mass is 398 g/mol. The summed E-state index contributed by atoms with van der Waals surface area (Å²) < 4.78 is 42.3. The molecule has 1 N–H and O–H groups in total. The van der Waals surface area contributed by atoms with Crippen LogP contribution in [-0.4, -0.2) is 45.9 Å². The molecule has 1 saturated carbocycles. The number of anilines is 1. The minimum absolute atomic E-state index is 0.000114. The molecule has 5 nitrogen and oxygen atoms in total. The molecule has 1 amide bonds. The average Bonchev–Trinajstić information content (AvgIpc) is 3.01. The standard InChI is InChI=1S/C20H29F3N4O/c1-11-7-13(11)18(28)26-6-5-12(10-26)14-8-17-24-15(19(2,3)4)9-16(20(21,22)23)27(17)25-14/h8,11-13,15-16,24H,5-7,9-10H2,1-4H3/t11-,12-,13-,15+,16-/m0/s1. The Labute approximate surface area is 163 Å². The molecular formula is C20H29F3N4O. The highest BCUT2D eigenvalue weighted by Crippen LogP contribution is 2.45. The van der Waals surface area contributed by atoms with Crippen molar-refractivity contribution in [2.45, 2.75) is 71.1 Å². The van der Waals surface area contributed by atoms with Gasteiger partial charge in [0.25, 0.3) is 0 Å². The van der Waals surface area contributed by atoms with E-state index in [1.54, 1.807) is 6.07 Å². The molecule has 0 radical (unpaired) electrons. The fraction of sp³-hybridized carbons (Fsp3) is 0.800. The summed E-state index contributed by atoms with van der Waals surface area (Å²) >= 11 is 0. The van der Waals surface area contributed by atoms with E-state index in [1.807, 2.05) is 25.7 Å². The third-order valence-electron chi connectivity index (χ3n) is 6.60. The van der Waals surface area contributed by atoms with Gasteiger partial charge in [0.2, 0.25) is 5.91 Å². The van der Waals surface area contributed by atoms with Crippen molar-refractivity contribution in [3.63, 3.8) is 0 Å². The molecule has 0 bridgehead atoms. The van der Waals surface area contributed by atoms with Gasteiger partial charge in [-0.15, -0.1) is 0 Å². The van der Waals surface area contributed by atoms with E-state index >= 15 is 0 Å². The summed E-state index contributed by atoms with van der Waals surface area (Å²) in [6.07, 6.45) is -2.67. The number of rotatable bonds is 2. The lowest BCUT2D eigenvalue weighted by Gasteiger charge is -2.39. The van der Waals surface area contributed by atoms with Gasteiger partial charge >= 0.3 is 6.18 Å². The lowest BCUT2D eigenvalue weighted by molar-refractivity contribution is -0.175. The first-order valence-electron chi connectivity index (χ1n) is 10.2. The van der Waals surface area contributed by atoms with E-state index in [0.717, 1.165) is 17.5 Å². The van der Waals surface area contributed by atoms with Crippen LogP contribution in [0.3, 0.4) is 0 Å². The molecule has 1 aromatic rings. The summed E-state index contributed by atoms with van der Waals surface area (Å²) in [5.41, 5.74) is 0.363. The van der Waals surface area contributed by atoms with Crippen LogP contribution < -0.4 is 5.32 Å². The number of nitrogens with one attached hydrogen (secondary N) is 1. The minimum atomic E-state index is -4.34. The Bertz CT molecular complexity index is 766. The molecule has 2 fully saturated rings. The second kappa shape index (κ2) is 6.39. The summed E-state index contributed by atoms with van der Waals surface area (Å²) in [5.74, 6) is 1.22. The van der Waals surface area contributed by atoms with Crippen LogP contribution in [0.5, 0.6) is 0 Å². The smallest absolute Gasteiger partial charge is 0.367 e. The Morgan fingerprint density at radius 3 is 2.50 bits per heavy atom. The molecule has 156 valence electrons. The third kappa shape index (κ3) is 3.50. The van der Waals surface area contributed by atoms with Crippen molar-refractivity contribution in [1.82, 2.24) is 14.7 Å². The Balaban J connectivity index is 1.55. The van der Waals surface area contributed by atoms with Crippen molar-refractivity contribution >= 4 is 11.7 Å². The number of carbonyl (C=O) groups excluding carboxylic acids is 1. The van der Waals surface area contributed by atoms with Crippen molar-refractivity contribution in [2.75, 3.05) is 18.4 Å². The quantitative estimate of drug-likeness (QED) is 0.813. The Hall–Kier alpha value is -1.73. The zero-order chi connectivity index (χ0) is 20.4. The molecule has 1 saturated heterocycles. The second-order valence-electron chi connectivity index (χ2n) is 9.84. The summed E-state index contributed by atoms with van der Waals surface area (Å²) in [7, 11) is 0. The van der Waals surface area contributed by atoms with Gasteiger partial charge in [-0.2, -0.15) is 18.3 Å². The average molecular weight is 398 g/mol. The highest BCUT2D eigenvalue weighted by Gasteiger charge is 2.49. The van der Waals surface area contributed by atoms with E-state index in [9.17, 15) is 18.0 Å². The van der Waals surface area contributed by atoms with Crippen molar-refractivity contribution in [3.05, 3.63) is 11.8 Å². The fourth-order valence-electron chi connectivity index (χ4n) is 4.46. The van der Waals surface area contributed by atoms with Crippen molar-refractivity contribution in [3.8, 4) is 0 Å². The maximum atomic E-state index is 13.7. The van der Waals surface area contributed by atoms with Crippen LogP contribution in [0.15, 0.2) is 6.07 Å². The molecule has 0 spiro atoms. The Kier molecular flexibility index (Phi) is 4.47. The van der Waals surface area contributed by atoms with Crippen LogP contribution in [-0.2, 0) is 4.79 Å². The van der Waals surface area contributed by atoms with Gasteiger partial charge in [-0.05, 0) is 30.6 Å². The number of hydrogen-bond acceptors (Lipinski definition) is 3. The van der Waals surface area contributed by atoms with Crippen molar-refractivity contribution in [2.24, 2.45) is 17.3 Å². The molecule has 28 heavy (non-hydrogen) atoms. The highest BCUT2D eigenvalue weighted by molar-refractivity contribution is 5.82. The minimum Gasteiger partial charge on any atom is -0.367 e. The first-order chi connectivity index (χ1) is 12.9. The molecule has 8 heteroatoms. The van der Waals surface area contributed by atoms with Crippen LogP contribution in [0.25, 0.3) is 0 Å². The lowest BCUT2D eigenvalue weighted by atomic mass is 9.82. The van der Waals surface area contributed by atoms with E-state index in [2.05, 4.69) is 17.3 Å². The fourth-order valence-corrected chi connectivity index (χ4v) is 4.46. The topological polar surface area (TPSA) is 50.2 Å². The molecule has 1 aromatic heterocycles. The van der Waals surface area contributed by atoms with Gasteiger partial charge in [0.15, 0.2) is 6.04 Å². The molecule has 1 aliphatic carbocycles. The third-order valence-corrected chi connectivity index (χ3v) is 6.60. The number of halogens is 3. The Morgan fingerprint density at radius 1 is 1.25 bits per heavy atom. The van der Waals surface area contributed by atoms with Crippen LogP contribution in [0.2, 0.25) is 0 Å². The van der Waals surface area contributed by atoms with E-state index in [-0.39, 0.29) is 35.6 Å².